The summed E-state index contributed by atoms with van der Waals surface area (Å²) >= 11 is 1.19. The lowest BCUT2D eigenvalue weighted by molar-refractivity contribution is -0.126. The van der Waals surface area contributed by atoms with Gasteiger partial charge in [-0.25, -0.2) is 12.8 Å². The zero-order valence-electron chi connectivity index (χ0n) is 17.9. The second-order valence-corrected chi connectivity index (χ2v) is 11.0. The van der Waals surface area contributed by atoms with Crippen LogP contribution < -0.4 is 10.1 Å². The molecular formula is C24H25FN2O4S2. The largest absolute Gasteiger partial charge is 0.489 e. The molecule has 1 unspecified atom stereocenters. The van der Waals surface area contributed by atoms with E-state index in [0.717, 1.165) is 11.1 Å². The highest BCUT2D eigenvalue weighted by molar-refractivity contribution is 7.91. The fourth-order valence-electron chi connectivity index (χ4n) is 3.70. The Bertz CT molecular complexity index is 1160. The predicted molar refractivity (Wildman–Crippen MR) is 125 cm³/mol. The Labute approximate surface area is 197 Å². The van der Waals surface area contributed by atoms with Gasteiger partial charge < -0.3 is 10.1 Å². The molecule has 9 heteroatoms. The average Bonchev–Trinajstić information content (AvgIpc) is 3.39. The van der Waals surface area contributed by atoms with Gasteiger partial charge in [0.2, 0.25) is 5.91 Å². The van der Waals surface area contributed by atoms with Crippen molar-refractivity contribution < 1.29 is 22.3 Å². The molecule has 4 rings (SSSR count). The van der Waals surface area contributed by atoms with E-state index in [1.807, 2.05) is 24.3 Å². The van der Waals surface area contributed by atoms with Crippen LogP contribution in [-0.4, -0.2) is 31.7 Å². The maximum absolute atomic E-state index is 13.0. The number of rotatable bonds is 8. The van der Waals surface area contributed by atoms with Crippen LogP contribution in [0.15, 0.2) is 70.3 Å². The first-order valence-corrected chi connectivity index (χ1v) is 13.0. The molecular weight excluding hydrogens is 463 g/mol. The molecule has 33 heavy (non-hydrogen) atoms. The number of benzene rings is 2. The fraction of sp³-hybridized carbons (Fsp3) is 0.292. The number of nitrogens with one attached hydrogen (secondary N) is 1. The number of carbonyl (C=O) groups is 1. The van der Waals surface area contributed by atoms with Gasteiger partial charge in [0.05, 0.1) is 5.92 Å². The molecule has 0 radical (unpaired) electrons. The molecule has 6 nitrogen and oxygen atoms in total. The van der Waals surface area contributed by atoms with Gasteiger partial charge in [0, 0.05) is 19.6 Å². The van der Waals surface area contributed by atoms with Crippen molar-refractivity contribution in [2.75, 3.05) is 13.1 Å². The van der Waals surface area contributed by atoms with Gasteiger partial charge in [-0.05, 0) is 59.7 Å². The third-order valence-corrected chi connectivity index (χ3v) is 8.79. The maximum Gasteiger partial charge on any atom is 0.252 e. The van der Waals surface area contributed by atoms with Crippen LogP contribution in [0.5, 0.6) is 5.75 Å². The lowest BCUT2D eigenvalue weighted by Gasteiger charge is -2.30. The van der Waals surface area contributed by atoms with Gasteiger partial charge in [0.15, 0.2) is 0 Å². The molecule has 1 atom stereocenters. The lowest BCUT2D eigenvalue weighted by Crippen LogP contribution is -2.45. The number of amides is 1. The Hall–Kier alpha value is -2.75. The van der Waals surface area contributed by atoms with E-state index >= 15 is 0 Å². The van der Waals surface area contributed by atoms with Crippen molar-refractivity contribution in [2.45, 2.75) is 30.2 Å². The van der Waals surface area contributed by atoms with Crippen LogP contribution in [0.3, 0.4) is 0 Å². The predicted octanol–water partition coefficient (Wildman–Crippen LogP) is 4.18. The van der Waals surface area contributed by atoms with E-state index in [1.54, 1.807) is 29.6 Å². The molecule has 1 saturated heterocycles. The summed E-state index contributed by atoms with van der Waals surface area (Å²) in [5.41, 5.74) is 1.78. The molecule has 1 amide bonds. The molecule has 3 aromatic rings. The average molecular weight is 489 g/mol. The van der Waals surface area contributed by atoms with E-state index in [9.17, 15) is 17.6 Å². The Morgan fingerprint density at radius 1 is 1.09 bits per heavy atom. The monoisotopic (exact) mass is 488 g/mol. The zero-order chi connectivity index (χ0) is 23.3. The second-order valence-electron chi connectivity index (χ2n) is 7.91. The second kappa shape index (κ2) is 10.5. The maximum atomic E-state index is 13.0. The van der Waals surface area contributed by atoms with E-state index in [4.69, 9.17) is 4.74 Å². The van der Waals surface area contributed by atoms with Crippen molar-refractivity contribution in [2.24, 2.45) is 5.92 Å². The molecule has 0 aliphatic carbocycles. The summed E-state index contributed by atoms with van der Waals surface area (Å²) in [4.78, 5) is 12.7. The number of halogens is 1. The normalized spacial score (nSPS) is 16.9. The summed E-state index contributed by atoms with van der Waals surface area (Å²) < 4.78 is 45.9. The first kappa shape index (κ1) is 23.4. The van der Waals surface area contributed by atoms with Crippen LogP contribution in [0.1, 0.15) is 24.0 Å². The highest BCUT2D eigenvalue weighted by atomic mass is 32.2. The zero-order valence-corrected chi connectivity index (χ0v) is 19.6. The Morgan fingerprint density at radius 3 is 2.52 bits per heavy atom. The van der Waals surface area contributed by atoms with E-state index < -0.39 is 10.0 Å². The van der Waals surface area contributed by atoms with Crippen molar-refractivity contribution >= 4 is 27.3 Å². The van der Waals surface area contributed by atoms with E-state index in [0.29, 0.717) is 42.5 Å². The topological polar surface area (TPSA) is 75.7 Å². The van der Waals surface area contributed by atoms with Crippen LogP contribution in [0, 0.1) is 11.7 Å². The summed E-state index contributed by atoms with van der Waals surface area (Å²) in [6.45, 7) is 1.32. The molecule has 2 aromatic carbocycles. The van der Waals surface area contributed by atoms with Crippen molar-refractivity contribution in [1.82, 2.24) is 9.62 Å². The summed E-state index contributed by atoms with van der Waals surface area (Å²) in [5.74, 6) is -0.115. The van der Waals surface area contributed by atoms with Crippen molar-refractivity contribution in [3.63, 3.8) is 0 Å². The van der Waals surface area contributed by atoms with Gasteiger partial charge in [0.1, 0.15) is 22.4 Å². The minimum atomic E-state index is -3.55. The molecule has 1 aromatic heterocycles. The first-order valence-electron chi connectivity index (χ1n) is 10.7. The summed E-state index contributed by atoms with van der Waals surface area (Å²) in [7, 11) is -3.55. The van der Waals surface area contributed by atoms with Gasteiger partial charge in [-0.3, -0.25) is 4.79 Å². The van der Waals surface area contributed by atoms with Gasteiger partial charge >= 0.3 is 0 Å². The molecule has 1 fully saturated rings. The number of sulfonamides is 1. The minimum absolute atomic E-state index is 0.141. The smallest absolute Gasteiger partial charge is 0.252 e. The number of nitrogens with zero attached hydrogens (tertiary/aromatic N) is 1. The summed E-state index contributed by atoms with van der Waals surface area (Å²) in [5, 5.41) is 4.66. The van der Waals surface area contributed by atoms with Gasteiger partial charge in [0.25, 0.3) is 10.0 Å². The van der Waals surface area contributed by atoms with Crippen LogP contribution in [0.25, 0.3) is 0 Å². The summed E-state index contributed by atoms with van der Waals surface area (Å²) in [6, 6.07) is 16.8. The van der Waals surface area contributed by atoms with Crippen LogP contribution in [-0.2, 0) is 28.0 Å². The van der Waals surface area contributed by atoms with Gasteiger partial charge in [-0.2, -0.15) is 4.31 Å². The molecule has 174 valence electrons. The molecule has 2 heterocycles. The van der Waals surface area contributed by atoms with Crippen LogP contribution in [0.2, 0.25) is 0 Å². The molecule has 0 spiro atoms. The summed E-state index contributed by atoms with van der Waals surface area (Å²) in [6.07, 6.45) is 1.32. The third-order valence-electron chi connectivity index (χ3n) is 5.55. The number of ether oxygens (including phenoxy) is 1. The highest BCUT2D eigenvalue weighted by Gasteiger charge is 2.33. The van der Waals surface area contributed by atoms with Crippen molar-refractivity contribution in [1.29, 1.82) is 0 Å². The van der Waals surface area contributed by atoms with E-state index in [-0.39, 0.29) is 24.2 Å². The molecule has 0 saturated carbocycles. The van der Waals surface area contributed by atoms with Crippen LogP contribution >= 0.6 is 11.3 Å². The third kappa shape index (κ3) is 5.98. The molecule has 1 aliphatic rings. The Balaban J connectivity index is 1.27. The van der Waals surface area contributed by atoms with Crippen molar-refractivity contribution in [3.05, 3.63) is 83.0 Å². The van der Waals surface area contributed by atoms with E-state index in [2.05, 4.69) is 5.32 Å². The van der Waals surface area contributed by atoms with Gasteiger partial charge in [-0.1, -0.05) is 30.3 Å². The lowest BCUT2D eigenvalue weighted by atomic mass is 9.99. The first-order chi connectivity index (χ1) is 15.9. The molecule has 1 aliphatic heterocycles. The van der Waals surface area contributed by atoms with E-state index in [1.165, 1.54) is 27.8 Å². The van der Waals surface area contributed by atoms with Crippen LogP contribution in [0.4, 0.5) is 4.39 Å². The number of hydrogen-bond acceptors (Lipinski definition) is 5. The minimum Gasteiger partial charge on any atom is -0.489 e. The van der Waals surface area contributed by atoms with Crippen molar-refractivity contribution in [3.8, 4) is 5.75 Å². The SMILES string of the molecule is O=C(NCc1ccc(OCc2ccc(F)cc2)cc1)C1CCCN(S(=O)(=O)c2cccs2)C1. The Kier molecular flexibility index (Phi) is 7.42. The molecule has 1 N–H and O–H groups in total. The number of piperidine rings is 1. The quantitative estimate of drug-likeness (QED) is 0.516. The number of thiophene rings is 1. The number of carbonyl (C=O) groups excluding carboxylic acids is 1. The number of hydrogen-bond donors (Lipinski definition) is 1. The Morgan fingerprint density at radius 2 is 1.82 bits per heavy atom. The fourth-order valence-corrected chi connectivity index (χ4v) is 6.36. The standard InChI is InChI=1S/C24H25FN2O4S2/c25-21-9-5-19(6-10-21)17-31-22-11-7-18(8-12-22)15-26-24(28)20-3-1-13-27(16-20)33(29,30)23-4-2-14-32-23/h2,4-12,14,20H,1,3,13,15-17H2,(H,26,28). The molecule has 0 bridgehead atoms. The highest BCUT2D eigenvalue weighted by Crippen LogP contribution is 2.26. The van der Waals surface area contributed by atoms with Gasteiger partial charge in [-0.15, -0.1) is 11.3 Å².